The maximum absolute atomic E-state index is 12.5. The molecule has 28 heavy (non-hydrogen) atoms. The maximum atomic E-state index is 12.5. The zero-order valence-electron chi connectivity index (χ0n) is 17.0. The highest BCUT2D eigenvalue weighted by molar-refractivity contribution is 7.92. The SMILES string of the molecule is Cc1ccc(OC[C@@H](C)NC(=O)CN(c2cccc(C)c2C)S(C)(=O)=O)cc1. The van der Waals surface area contributed by atoms with Gasteiger partial charge in [-0.25, -0.2) is 8.42 Å². The first-order chi connectivity index (χ1) is 13.1. The van der Waals surface area contributed by atoms with Gasteiger partial charge in [-0.05, 0) is 57.0 Å². The maximum Gasteiger partial charge on any atom is 0.241 e. The number of rotatable bonds is 8. The average molecular weight is 405 g/mol. The van der Waals surface area contributed by atoms with E-state index in [1.807, 2.05) is 58.0 Å². The molecule has 0 aliphatic rings. The first kappa shape index (κ1) is 21.8. The van der Waals surface area contributed by atoms with Gasteiger partial charge in [-0.15, -0.1) is 0 Å². The topological polar surface area (TPSA) is 75.7 Å². The summed E-state index contributed by atoms with van der Waals surface area (Å²) in [6, 6.07) is 12.8. The fourth-order valence-electron chi connectivity index (χ4n) is 2.74. The summed E-state index contributed by atoms with van der Waals surface area (Å²) >= 11 is 0. The second kappa shape index (κ2) is 9.10. The van der Waals surface area contributed by atoms with E-state index in [-0.39, 0.29) is 25.1 Å². The molecule has 0 bridgehead atoms. The van der Waals surface area contributed by atoms with Crippen molar-refractivity contribution in [1.82, 2.24) is 5.32 Å². The lowest BCUT2D eigenvalue weighted by Gasteiger charge is -2.25. The molecule has 2 aromatic rings. The number of anilines is 1. The molecule has 0 aliphatic heterocycles. The van der Waals surface area contributed by atoms with Crippen molar-refractivity contribution < 1.29 is 17.9 Å². The predicted octanol–water partition coefficient (Wildman–Crippen LogP) is 2.96. The molecule has 0 heterocycles. The number of carbonyl (C=O) groups excluding carboxylic acids is 1. The fourth-order valence-corrected chi connectivity index (χ4v) is 3.64. The van der Waals surface area contributed by atoms with E-state index < -0.39 is 10.0 Å². The molecule has 0 radical (unpaired) electrons. The molecular weight excluding hydrogens is 376 g/mol. The first-order valence-corrected chi connectivity index (χ1v) is 11.0. The minimum absolute atomic E-state index is 0.270. The Morgan fingerprint density at radius 1 is 1.11 bits per heavy atom. The molecular formula is C21H28N2O4S. The van der Waals surface area contributed by atoms with Gasteiger partial charge in [-0.3, -0.25) is 9.10 Å². The van der Waals surface area contributed by atoms with Crippen LogP contribution in [0.4, 0.5) is 5.69 Å². The van der Waals surface area contributed by atoms with Gasteiger partial charge in [0.15, 0.2) is 0 Å². The molecule has 152 valence electrons. The largest absolute Gasteiger partial charge is 0.491 e. The third-order valence-electron chi connectivity index (χ3n) is 4.46. The highest BCUT2D eigenvalue weighted by Crippen LogP contribution is 2.24. The number of carbonyl (C=O) groups is 1. The van der Waals surface area contributed by atoms with E-state index in [1.54, 1.807) is 12.1 Å². The molecule has 2 aromatic carbocycles. The van der Waals surface area contributed by atoms with Crippen LogP contribution in [0.2, 0.25) is 0 Å². The number of sulfonamides is 1. The molecule has 7 heteroatoms. The van der Waals surface area contributed by atoms with Crippen LogP contribution in [-0.2, 0) is 14.8 Å². The summed E-state index contributed by atoms with van der Waals surface area (Å²) < 4.78 is 31.4. The van der Waals surface area contributed by atoms with Gasteiger partial charge < -0.3 is 10.1 Å². The molecule has 0 fully saturated rings. The summed E-state index contributed by atoms with van der Waals surface area (Å²) in [5.74, 6) is 0.339. The predicted molar refractivity (Wildman–Crippen MR) is 112 cm³/mol. The van der Waals surface area contributed by atoms with Crippen molar-refractivity contribution in [3.8, 4) is 5.75 Å². The minimum Gasteiger partial charge on any atom is -0.491 e. The normalized spacial score (nSPS) is 12.3. The molecule has 1 N–H and O–H groups in total. The van der Waals surface area contributed by atoms with Gasteiger partial charge in [0, 0.05) is 0 Å². The molecule has 2 rings (SSSR count). The van der Waals surface area contributed by atoms with Gasteiger partial charge >= 0.3 is 0 Å². The lowest BCUT2D eigenvalue weighted by Crippen LogP contribution is -2.45. The lowest BCUT2D eigenvalue weighted by atomic mass is 10.1. The van der Waals surface area contributed by atoms with Crippen LogP contribution in [0.15, 0.2) is 42.5 Å². The highest BCUT2D eigenvalue weighted by atomic mass is 32.2. The fraction of sp³-hybridized carbons (Fsp3) is 0.381. The molecule has 1 amide bonds. The Hall–Kier alpha value is -2.54. The number of hydrogen-bond acceptors (Lipinski definition) is 4. The second-order valence-corrected chi connectivity index (χ2v) is 8.99. The number of nitrogens with one attached hydrogen (secondary N) is 1. The monoisotopic (exact) mass is 404 g/mol. The molecule has 0 unspecified atom stereocenters. The van der Waals surface area contributed by atoms with E-state index in [9.17, 15) is 13.2 Å². The van der Waals surface area contributed by atoms with E-state index in [0.717, 1.165) is 33.0 Å². The number of aryl methyl sites for hydroxylation is 2. The number of benzene rings is 2. The molecule has 1 atom stereocenters. The van der Waals surface area contributed by atoms with Crippen molar-refractivity contribution in [3.63, 3.8) is 0 Å². The van der Waals surface area contributed by atoms with Gasteiger partial charge in [-0.1, -0.05) is 29.8 Å². The van der Waals surface area contributed by atoms with E-state index in [1.165, 1.54) is 0 Å². The van der Waals surface area contributed by atoms with Crippen molar-refractivity contribution in [2.45, 2.75) is 33.7 Å². The zero-order chi connectivity index (χ0) is 20.9. The van der Waals surface area contributed by atoms with Crippen LogP contribution in [0.5, 0.6) is 5.75 Å². The molecule has 0 aromatic heterocycles. The number of ether oxygens (including phenoxy) is 1. The van der Waals surface area contributed by atoms with E-state index in [0.29, 0.717) is 5.69 Å². The number of hydrogen-bond donors (Lipinski definition) is 1. The third-order valence-corrected chi connectivity index (χ3v) is 5.59. The zero-order valence-corrected chi connectivity index (χ0v) is 17.8. The molecule has 6 nitrogen and oxygen atoms in total. The smallest absolute Gasteiger partial charge is 0.241 e. The van der Waals surface area contributed by atoms with E-state index in [2.05, 4.69) is 5.32 Å². The molecule has 0 saturated heterocycles. The summed E-state index contributed by atoms with van der Waals surface area (Å²) in [5, 5.41) is 2.80. The Morgan fingerprint density at radius 3 is 2.36 bits per heavy atom. The van der Waals surface area contributed by atoms with Crippen molar-refractivity contribution in [2.24, 2.45) is 0 Å². The quantitative estimate of drug-likeness (QED) is 0.734. The Labute approximate surface area is 167 Å². The van der Waals surface area contributed by atoms with E-state index >= 15 is 0 Å². The Morgan fingerprint density at radius 2 is 1.75 bits per heavy atom. The van der Waals surface area contributed by atoms with Gasteiger partial charge in [0.25, 0.3) is 0 Å². The van der Waals surface area contributed by atoms with Crippen LogP contribution in [0, 0.1) is 20.8 Å². The summed E-state index contributed by atoms with van der Waals surface area (Å²) in [6.07, 6.45) is 1.10. The van der Waals surface area contributed by atoms with Crippen LogP contribution in [0.25, 0.3) is 0 Å². The van der Waals surface area contributed by atoms with Crippen LogP contribution >= 0.6 is 0 Å². The number of nitrogens with zero attached hydrogens (tertiary/aromatic N) is 1. The van der Waals surface area contributed by atoms with Crippen molar-refractivity contribution in [3.05, 3.63) is 59.2 Å². The van der Waals surface area contributed by atoms with Crippen molar-refractivity contribution in [2.75, 3.05) is 23.7 Å². The molecule has 0 saturated carbocycles. The third kappa shape index (κ3) is 5.99. The Bertz CT molecular complexity index is 924. The minimum atomic E-state index is -3.61. The van der Waals surface area contributed by atoms with Crippen LogP contribution in [0.1, 0.15) is 23.6 Å². The van der Waals surface area contributed by atoms with Gasteiger partial charge in [0.1, 0.15) is 18.9 Å². The van der Waals surface area contributed by atoms with Gasteiger partial charge in [-0.2, -0.15) is 0 Å². The van der Waals surface area contributed by atoms with Crippen molar-refractivity contribution in [1.29, 1.82) is 0 Å². The highest BCUT2D eigenvalue weighted by Gasteiger charge is 2.23. The summed E-state index contributed by atoms with van der Waals surface area (Å²) in [5.41, 5.74) is 3.45. The van der Waals surface area contributed by atoms with E-state index in [4.69, 9.17) is 4.74 Å². The second-order valence-electron chi connectivity index (χ2n) is 7.08. The molecule has 0 spiro atoms. The lowest BCUT2D eigenvalue weighted by molar-refractivity contribution is -0.120. The molecule has 0 aliphatic carbocycles. The van der Waals surface area contributed by atoms with Gasteiger partial charge in [0.05, 0.1) is 18.0 Å². The summed E-state index contributed by atoms with van der Waals surface area (Å²) in [4.78, 5) is 12.5. The van der Waals surface area contributed by atoms with Gasteiger partial charge in [0.2, 0.25) is 15.9 Å². The van der Waals surface area contributed by atoms with Crippen LogP contribution in [-0.4, -0.2) is 39.8 Å². The Kier molecular flexibility index (Phi) is 7.07. The van der Waals surface area contributed by atoms with Crippen molar-refractivity contribution >= 4 is 21.6 Å². The van der Waals surface area contributed by atoms with Crippen LogP contribution in [0.3, 0.4) is 0 Å². The number of amides is 1. The first-order valence-electron chi connectivity index (χ1n) is 9.10. The summed E-state index contributed by atoms with van der Waals surface area (Å²) in [6.45, 7) is 7.57. The average Bonchev–Trinajstić information content (AvgIpc) is 2.61. The summed E-state index contributed by atoms with van der Waals surface area (Å²) in [7, 11) is -3.61. The van der Waals surface area contributed by atoms with Crippen LogP contribution < -0.4 is 14.4 Å². The standard InChI is InChI=1S/C21H28N2O4S/c1-15-9-11-19(12-10-15)27-14-17(3)22-21(24)13-23(28(5,25)26)20-8-6-7-16(2)18(20)4/h6-12,17H,13-14H2,1-5H3,(H,22,24)/t17-/m1/s1. The Balaban J connectivity index is 2.01.